The van der Waals surface area contributed by atoms with Gasteiger partial charge in [-0.15, -0.1) is 0 Å². The number of urea groups is 1. The minimum atomic E-state index is -0.230. The summed E-state index contributed by atoms with van der Waals surface area (Å²) in [4.78, 5) is 18.7. The highest BCUT2D eigenvalue weighted by atomic mass is 35.5. The molecule has 0 radical (unpaired) electrons. The number of furan rings is 1. The third kappa shape index (κ3) is 3.43. The van der Waals surface area contributed by atoms with E-state index in [9.17, 15) is 4.79 Å². The summed E-state index contributed by atoms with van der Waals surface area (Å²) in [7, 11) is 0. The molecule has 1 atom stereocenters. The number of rotatable bonds is 4. The van der Waals surface area contributed by atoms with E-state index in [0.29, 0.717) is 35.6 Å². The van der Waals surface area contributed by atoms with Crippen LogP contribution in [-0.4, -0.2) is 27.6 Å². The molecule has 134 valence electrons. The monoisotopic (exact) mass is 372 g/mol. The first-order chi connectivity index (χ1) is 12.7. The van der Waals surface area contributed by atoms with E-state index >= 15 is 0 Å². The van der Waals surface area contributed by atoms with Gasteiger partial charge >= 0.3 is 6.03 Å². The summed E-state index contributed by atoms with van der Waals surface area (Å²) in [6.45, 7) is 0.982. The van der Waals surface area contributed by atoms with Crippen molar-refractivity contribution < 1.29 is 13.7 Å². The zero-order valence-electron chi connectivity index (χ0n) is 13.9. The molecule has 2 amide bonds. The molecule has 3 heterocycles. The smallest absolute Gasteiger partial charge is 0.318 e. The van der Waals surface area contributed by atoms with Gasteiger partial charge in [-0.3, -0.25) is 0 Å². The third-order valence-electron chi connectivity index (χ3n) is 4.32. The molecule has 1 aromatic carbocycles. The minimum Gasteiger partial charge on any atom is -0.467 e. The van der Waals surface area contributed by atoms with Crippen molar-refractivity contribution in [3.8, 4) is 11.4 Å². The Morgan fingerprint density at radius 2 is 2.27 bits per heavy atom. The van der Waals surface area contributed by atoms with E-state index in [1.807, 2.05) is 18.2 Å². The predicted molar refractivity (Wildman–Crippen MR) is 94.4 cm³/mol. The molecule has 7 nitrogen and oxygen atoms in total. The first kappa shape index (κ1) is 16.7. The number of hydrogen-bond donors (Lipinski definition) is 1. The largest absolute Gasteiger partial charge is 0.467 e. The maximum Gasteiger partial charge on any atom is 0.318 e. The third-order valence-corrected chi connectivity index (χ3v) is 4.55. The summed E-state index contributed by atoms with van der Waals surface area (Å²) in [5, 5.41) is 7.50. The fourth-order valence-corrected chi connectivity index (χ4v) is 3.25. The van der Waals surface area contributed by atoms with Gasteiger partial charge in [-0.05, 0) is 37.1 Å². The molecule has 0 bridgehead atoms. The topological polar surface area (TPSA) is 84.4 Å². The molecule has 1 N–H and O–H groups in total. The summed E-state index contributed by atoms with van der Waals surface area (Å²) in [6, 6.07) is 10.5. The molecule has 1 aliphatic heterocycles. The van der Waals surface area contributed by atoms with E-state index in [2.05, 4.69) is 15.5 Å². The Morgan fingerprint density at radius 3 is 3.08 bits per heavy atom. The zero-order chi connectivity index (χ0) is 17.9. The lowest BCUT2D eigenvalue weighted by Crippen LogP contribution is -2.39. The summed E-state index contributed by atoms with van der Waals surface area (Å²) in [5.74, 6) is 1.60. The normalized spacial score (nSPS) is 16.8. The van der Waals surface area contributed by atoms with Crippen LogP contribution in [0, 0.1) is 0 Å². The molecule has 8 heteroatoms. The second-order valence-corrected chi connectivity index (χ2v) is 6.49. The summed E-state index contributed by atoms with van der Waals surface area (Å²) in [5.41, 5.74) is 0.777. The number of amides is 2. The lowest BCUT2D eigenvalue weighted by Gasteiger charge is -2.21. The van der Waals surface area contributed by atoms with Gasteiger partial charge in [0.15, 0.2) is 0 Å². The van der Waals surface area contributed by atoms with E-state index in [4.69, 9.17) is 20.5 Å². The Balaban J connectivity index is 1.47. The van der Waals surface area contributed by atoms with E-state index in [0.717, 1.165) is 18.4 Å². The molecule has 1 saturated heterocycles. The van der Waals surface area contributed by atoms with Gasteiger partial charge in [-0.1, -0.05) is 28.9 Å². The SMILES string of the molecule is O=C(NCc1ccco1)N1CCC[C@H]1c1nc(-c2cccc(Cl)c2)no1. The van der Waals surface area contributed by atoms with Crippen molar-refractivity contribution in [3.63, 3.8) is 0 Å². The van der Waals surface area contributed by atoms with Gasteiger partial charge in [0.2, 0.25) is 11.7 Å². The van der Waals surface area contributed by atoms with Crippen molar-refractivity contribution in [1.82, 2.24) is 20.4 Å². The number of nitrogens with zero attached hydrogens (tertiary/aromatic N) is 3. The van der Waals surface area contributed by atoms with Crippen molar-refractivity contribution in [2.45, 2.75) is 25.4 Å². The van der Waals surface area contributed by atoms with Gasteiger partial charge < -0.3 is 19.2 Å². The molecule has 4 rings (SSSR count). The second-order valence-electron chi connectivity index (χ2n) is 6.06. The van der Waals surface area contributed by atoms with Gasteiger partial charge in [0, 0.05) is 17.1 Å². The quantitative estimate of drug-likeness (QED) is 0.747. The second kappa shape index (κ2) is 7.21. The lowest BCUT2D eigenvalue weighted by molar-refractivity contribution is 0.179. The molecule has 3 aromatic rings. The average molecular weight is 373 g/mol. The van der Waals surface area contributed by atoms with Gasteiger partial charge in [0.25, 0.3) is 0 Å². The van der Waals surface area contributed by atoms with Gasteiger partial charge in [0.05, 0.1) is 12.8 Å². The standard InChI is InChI=1S/C18H17ClN4O3/c19-13-5-1-4-12(10-13)16-21-17(26-22-16)15-7-2-8-23(15)18(24)20-11-14-6-3-9-25-14/h1,3-6,9-10,15H,2,7-8,11H2,(H,20,24)/t15-/m0/s1. The van der Waals surface area contributed by atoms with Gasteiger partial charge in [-0.2, -0.15) is 4.98 Å². The van der Waals surface area contributed by atoms with Crippen LogP contribution >= 0.6 is 11.6 Å². The number of benzene rings is 1. The number of hydrogen-bond acceptors (Lipinski definition) is 5. The number of carbonyl (C=O) groups is 1. The summed E-state index contributed by atoms with van der Waals surface area (Å²) in [6.07, 6.45) is 3.25. The number of carbonyl (C=O) groups excluding carboxylic acids is 1. The van der Waals surface area contributed by atoms with Crippen LogP contribution in [0.1, 0.15) is 30.5 Å². The molecule has 26 heavy (non-hydrogen) atoms. The molecule has 1 fully saturated rings. The predicted octanol–water partition coefficient (Wildman–Crippen LogP) is 4.03. The Morgan fingerprint density at radius 1 is 1.35 bits per heavy atom. The number of halogens is 1. The molecule has 0 saturated carbocycles. The van der Waals surface area contributed by atoms with E-state index in [-0.39, 0.29) is 12.1 Å². The lowest BCUT2D eigenvalue weighted by atomic mass is 10.2. The van der Waals surface area contributed by atoms with Crippen LogP contribution in [0.5, 0.6) is 0 Å². The highest BCUT2D eigenvalue weighted by Gasteiger charge is 2.34. The molecular formula is C18H17ClN4O3. The van der Waals surface area contributed by atoms with Crippen LogP contribution in [0.15, 0.2) is 51.6 Å². The van der Waals surface area contributed by atoms with Crippen LogP contribution in [0.3, 0.4) is 0 Å². The number of likely N-dealkylation sites (tertiary alicyclic amines) is 1. The van der Waals surface area contributed by atoms with Crippen molar-refractivity contribution in [3.05, 3.63) is 59.3 Å². The Hall–Kier alpha value is -2.80. The van der Waals surface area contributed by atoms with Crippen LogP contribution < -0.4 is 5.32 Å². The first-order valence-corrected chi connectivity index (χ1v) is 8.75. The van der Waals surface area contributed by atoms with Crippen molar-refractivity contribution in [2.75, 3.05) is 6.54 Å². The average Bonchev–Trinajstić information content (AvgIpc) is 3.40. The van der Waals surface area contributed by atoms with E-state index in [1.54, 1.807) is 29.4 Å². The maximum atomic E-state index is 12.5. The van der Waals surface area contributed by atoms with Crippen molar-refractivity contribution in [1.29, 1.82) is 0 Å². The first-order valence-electron chi connectivity index (χ1n) is 8.37. The Bertz CT molecular complexity index is 893. The molecule has 1 aliphatic rings. The molecule has 2 aromatic heterocycles. The number of aromatic nitrogens is 2. The molecule has 0 unspecified atom stereocenters. The van der Waals surface area contributed by atoms with Crippen LogP contribution in [0.4, 0.5) is 4.79 Å². The van der Waals surface area contributed by atoms with E-state index < -0.39 is 0 Å². The Kier molecular flexibility index (Phi) is 4.62. The van der Waals surface area contributed by atoms with Crippen molar-refractivity contribution >= 4 is 17.6 Å². The summed E-state index contributed by atoms with van der Waals surface area (Å²) >= 11 is 6.02. The molecular weight excluding hydrogens is 356 g/mol. The fraction of sp³-hybridized carbons (Fsp3) is 0.278. The van der Waals surface area contributed by atoms with Gasteiger partial charge in [-0.25, -0.2) is 4.79 Å². The summed E-state index contributed by atoms with van der Waals surface area (Å²) < 4.78 is 10.7. The minimum absolute atomic E-state index is 0.175. The fourth-order valence-electron chi connectivity index (χ4n) is 3.06. The van der Waals surface area contributed by atoms with Crippen LogP contribution in [0.25, 0.3) is 11.4 Å². The van der Waals surface area contributed by atoms with Gasteiger partial charge in [0.1, 0.15) is 11.8 Å². The highest BCUT2D eigenvalue weighted by molar-refractivity contribution is 6.30. The zero-order valence-corrected chi connectivity index (χ0v) is 14.6. The van der Waals surface area contributed by atoms with E-state index in [1.165, 1.54) is 0 Å². The number of nitrogens with one attached hydrogen (secondary N) is 1. The Labute approximate surface area is 154 Å². The van der Waals surface area contributed by atoms with Crippen molar-refractivity contribution in [2.24, 2.45) is 0 Å². The van der Waals surface area contributed by atoms with Crippen LogP contribution in [0.2, 0.25) is 5.02 Å². The maximum absolute atomic E-state index is 12.5. The van der Waals surface area contributed by atoms with Crippen LogP contribution in [-0.2, 0) is 6.54 Å². The highest BCUT2D eigenvalue weighted by Crippen LogP contribution is 2.32. The molecule has 0 aliphatic carbocycles. The molecule has 0 spiro atoms.